The molecule has 0 aliphatic rings. The van der Waals surface area contributed by atoms with Crippen molar-refractivity contribution >= 4 is 17.1 Å². The van der Waals surface area contributed by atoms with Gasteiger partial charge in [-0.25, -0.2) is 14.6 Å². The van der Waals surface area contributed by atoms with Crippen molar-refractivity contribution in [3.05, 3.63) is 27.7 Å². The second-order valence-corrected chi connectivity index (χ2v) is 5.67. The fraction of sp³-hybridized carbons (Fsp3) is 0.500. The topological polar surface area (TPSA) is 60.7 Å². The van der Waals surface area contributed by atoms with Gasteiger partial charge in [0.25, 0.3) is 0 Å². The molecule has 96 valence electrons. The lowest BCUT2D eigenvalue weighted by Gasteiger charge is -2.08. The number of aryl methyl sites for hydroxylation is 2. The van der Waals surface area contributed by atoms with E-state index in [1.807, 2.05) is 27.7 Å². The van der Waals surface area contributed by atoms with Crippen molar-refractivity contribution in [2.24, 2.45) is 0 Å². The highest BCUT2D eigenvalue weighted by Gasteiger charge is 2.18. The van der Waals surface area contributed by atoms with Gasteiger partial charge in [-0.05, 0) is 27.7 Å². The molecule has 2 aromatic heterocycles. The minimum absolute atomic E-state index is 0.0630. The number of hydrogen-bond donors (Lipinski definition) is 0. The maximum Gasteiger partial charge on any atom is 0.182 e. The minimum Gasteiger partial charge on any atom is -0.293 e. The zero-order valence-corrected chi connectivity index (χ0v) is 11.8. The SMILES string of the molecule is Cc1nc(C)c(C(=O)Cc2ncnn2C(C)C)s1. The summed E-state index contributed by atoms with van der Waals surface area (Å²) in [5.41, 5.74) is 0.804. The lowest BCUT2D eigenvalue weighted by Crippen LogP contribution is -2.13. The van der Waals surface area contributed by atoms with Crippen LogP contribution in [0.1, 0.15) is 46.1 Å². The molecule has 18 heavy (non-hydrogen) atoms. The average molecular weight is 264 g/mol. The molecule has 0 fully saturated rings. The third-order valence-electron chi connectivity index (χ3n) is 2.61. The van der Waals surface area contributed by atoms with Gasteiger partial charge in [-0.15, -0.1) is 11.3 Å². The summed E-state index contributed by atoms with van der Waals surface area (Å²) in [5.74, 6) is 0.772. The van der Waals surface area contributed by atoms with E-state index in [2.05, 4.69) is 15.1 Å². The van der Waals surface area contributed by atoms with Crippen molar-refractivity contribution in [3.63, 3.8) is 0 Å². The van der Waals surface area contributed by atoms with E-state index in [-0.39, 0.29) is 18.2 Å². The largest absolute Gasteiger partial charge is 0.293 e. The molecule has 0 bridgehead atoms. The van der Waals surface area contributed by atoms with E-state index in [0.29, 0.717) is 5.82 Å². The Labute approximate surface area is 110 Å². The molecule has 0 aliphatic heterocycles. The van der Waals surface area contributed by atoms with E-state index >= 15 is 0 Å². The van der Waals surface area contributed by atoms with E-state index in [1.54, 1.807) is 4.68 Å². The molecule has 0 saturated carbocycles. The minimum atomic E-state index is 0.0630. The molecule has 0 saturated heterocycles. The standard InChI is InChI=1S/C12H16N4OS/c1-7(2)16-11(13-6-14-16)5-10(17)12-8(3)15-9(4)18-12/h6-7H,5H2,1-4H3. The highest BCUT2D eigenvalue weighted by atomic mass is 32.1. The number of Topliss-reactive ketones (excluding diaryl/α,β-unsaturated/α-hetero) is 1. The Morgan fingerprint density at radius 3 is 2.72 bits per heavy atom. The summed E-state index contributed by atoms with van der Waals surface area (Å²) in [6, 6.07) is 0.208. The number of carbonyl (C=O) groups excluding carboxylic acids is 1. The summed E-state index contributed by atoms with van der Waals surface area (Å²) < 4.78 is 1.78. The number of carbonyl (C=O) groups is 1. The quantitative estimate of drug-likeness (QED) is 0.795. The number of hydrogen-bond acceptors (Lipinski definition) is 5. The molecule has 2 heterocycles. The van der Waals surface area contributed by atoms with Crippen LogP contribution in [0.3, 0.4) is 0 Å². The number of ketones is 1. The lowest BCUT2D eigenvalue weighted by atomic mass is 10.2. The third-order valence-corrected chi connectivity index (χ3v) is 3.73. The fourth-order valence-electron chi connectivity index (χ4n) is 1.85. The second kappa shape index (κ2) is 4.97. The maximum absolute atomic E-state index is 12.2. The Balaban J connectivity index is 2.21. The Hall–Kier alpha value is -1.56. The van der Waals surface area contributed by atoms with Crippen LogP contribution in [-0.2, 0) is 6.42 Å². The van der Waals surface area contributed by atoms with Crippen molar-refractivity contribution in [1.29, 1.82) is 0 Å². The van der Waals surface area contributed by atoms with E-state index in [1.165, 1.54) is 17.7 Å². The molecule has 5 nitrogen and oxygen atoms in total. The van der Waals surface area contributed by atoms with Crippen LogP contribution in [0.25, 0.3) is 0 Å². The van der Waals surface area contributed by atoms with Crippen LogP contribution in [0.15, 0.2) is 6.33 Å². The Bertz CT molecular complexity index is 570. The average Bonchev–Trinajstić information content (AvgIpc) is 2.85. The van der Waals surface area contributed by atoms with Crippen molar-refractivity contribution in [2.45, 2.75) is 40.2 Å². The number of nitrogens with zero attached hydrogens (tertiary/aromatic N) is 4. The molecule has 2 aromatic rings. The number of thiazole rings is 1. The summed E-state index contributed by atoms with van der Waals surface area (Å²) in [6.45, 7) is 7.81. The van der Waals surface area contributed by atoms with Crippen molar-refractivity contribution in [3.8, 4) is 0 Å². The van der Waals surface area contributed by atoms with Crippen LogP contribution in [-0.4, -0.2) is 25.5 Å². The van der Waals surface area contributed by atoms with Gasteiger partial charge >= 0.3 is 0 Å². The van der Waals surface area contributed by atoms with Crippen LogP contribution >= 0.6 is 11.3 Å². The first-order chi connectivity index (χ1) is 8.49. The normalized spacial score (nSPS) is 11.2. The molecule has 0 amide bonds. The highest BCUT2D eigenvalue weighted by Crippen LogP contribution is 2.19. The van der Waals surface area contributed by atoms with Gasteiger partial charge in [-0.3, -0.25) is 4.79 Å². The summed E-state index contributed by atoms with van der Waals surface area (Å²) in [7, 11) is 0. The van der Waals surface area contributed by atoms with Gasteiger partial charge in [-0.1, -0.05) is 0 Å². The first-order valence-corrected chi connectivity index (χ1v) is 6.66. The fourth-order valence-corrected chi connectivity index (χ4v) is 2.70. The molecule has 0 unspecified atom stereocenters. The molecule has 6 heteroatoms. The Morgan fingerprint density at radius 2 is 2.17 bits per heavy atom. The smallest absolute Gasteiger partial charge is 0.182 e. The van der Waals surface area contributed by atoms with Crippen LogP contribution in [0.4, 0.5) is 0 Å². The molecular weight excluding hydrogens is 248 g/mol. The van der Waals surface area contributed by atoms with E-state index < -0.39 is 0 Å². The third kappa shape index (κ3) is 2.48. The zero-order chi connectivity index (χ0) is 13.3. The van der Waals surface area contributed by atoms with Gasteiger partial charge in [0.15, 0.2) is 5.78 Å². The van der Waals surface area contributed by atoms with Gasteiger partial charge in [0, 0.05) is 6.04 Å². The first kappa shape index (κ1) is 12.9. The molecular formula is C12H16N4OS. The molecule has 0 aliphatic carbocycles. The van der Waals surface area contributed by atoms with Gasteiger partial charge in [0.05, 0.1) is 22.0 Å². The van der Waals surface area contributed by atoms with Crippen LogP contribution in [0, 0.1) is 13.8 Å². The zero-order valence-electron chi connectivity index (χ0n) is 11.0. The number of rotatable bonds is 4. The van der Waals surface area contributed by atoms with Crippen molar-refractivity contribution < 1.29 is 4.79 Å². The van der Waals surface area contributed by atoms with Crippen LogP contribution in [0.5, 0.6) is 0 Å². The summed E-state index contributed by atoms with van der Waals surface area (Å²) >= 11 is 1.44. The number of aromatic nitrogens is 4. The van der Waals surface area contributed by atoms with Gasteiger partial charge < -0.3 is 0 Å². The summed E-state index contributed by atoms with van der Waals surface area (Å²) in [4.78, 5) is 21.4. The predicted octanol–water partition coefficient (Wildman–Crippen LogP) is 2.36. The Morgan fingerprint density at radius 1 is 1.44 bits per heavy atom. The first-order valence-electron chi connectivity index (χ1n) is 5.84. The Kier molecular flexibility index (Phi) is 3.56. The second-order valence-electron chi connectivity index (χ2n) is 4.46. The lowest BCUT2D eigenvalue weighted by molar-refractivity contribution is 0.0992. The molecule has 2 rings (SSSR count). The molecule has 0 aromatic carbocycles. The van der Waals surface area contributed by atoms with Gasteiger partial charge in [0.1, 0.15) is 12.2 Å². The molecule has 0 N–H and O–H groups in total. The molecule has 0 spiro atoms. The van der Waals surface area contributed by atoms with Gasteiger partial charge in [-0.2, -0.15) is 5.10 Å². The molecule has 0 radical (unpaired) electrons. The van der Waals surface area contributed by atoms with E-state index in [9.17, 15) is 4.79 Å². The predicted molar refractivity (Wildman–Crippen MR) is 70.0 cm³/mol. The maximum atomic E-state index is 12.2. The van der Waals surface area contributed by atoms with Crippen LogP contribution in [0.2, 0.25) is 0 Å². The highest BCUT2D eigenvalue weighted by molar-refractivity contribution is 7.13. The summed E-state index contributed by atoms with van der Waals surface area (Å²) in [5, 5.41) is 5.05. The monoisotopic (exact) mass is 264 g/mol. The molecule has 0 atom stereocenters. The van der Waals surface area contributed by atoms with Crippen molar-refractivity contribution in [2.75, 3.05) is 0 Å². The summed E-state index contributed by atoms with van der Waals surface area (Å²) in [6.07, 6.45) is 1.77. The van der Waals surface area contributed by atoms with E-state index in [0.717, 1.165) is 15.6 Å². The van der Waals surface area contributed by atoms with Crippen LogP contribution < -0.4 is 0 Å². The van der Waals surface area contributed by atoms with Crippen molar-refractivity contribution in [1.82, 2.24) is 19.7 Å². The van der Waals surface area contributed by atoms with Gasteiger partial charge in [0.2, 0.25) is 0 Å². The van der Waals surface area contributed by atoms with E-state index in [4.69, 9.17) is 0 Å².